The van der Waals surface area contributed by atoms with Crippen molar-refractivity contribution < 1.29 is 0 Å². The highest BCUT2D eigenvalue weighted by Crippen LogP contribution is 2.26. The van der Waals surface area contributed by atoms with E-state index >= 15 is 0 Å². The fourth-order valence-corrected chi connectivity index (χ4v) is 3.05. The number of nitrogens with two attached hydrogens (primary N) is 1. The molecule has 2 rings (SSSR count). The minimum Gasteiger partial charge on any atom is -0.329 e. The molecule has 1 heterocycles. The van der Waals surface area contributed by atoms with Crippen LogP contribution >= 0.6 is 11.6 Å². The lowest BCUT2D eigenvalue weighted by Gasteiger charge is -2.38. The average molecular weight is 267 g/mol. The Balaban J connectivity index is 2.07. The summed E-state index contributed by atoms with van der Waals surface area (Å²) in [5.41, 5.74) is 8.33. The van der Waals surface area contributed by atoms with Gasteiger partial charge in [0.15, 0.2) is 0 Å². The van der Waals surface area contributed by atoms with Gasteiger partial charge in [0, 0.05) is 24.2 Å². The van der Waals surface area contributed by atoms with Gasteiger partial charge in [0.2, 0.25) is 0 Å². The first-order chi connectivity index (χ1) is 8.60. The first-order valence-electron chi connectivity index (χ1n) is 6.79. The highest BCUT2D eigenvalue weighted by Gasteiger charge is 2.25. The molecule has 3 heteroatoms. The van der Waals surface area contributed by atoms with Crippen LogP contribution in [0.5, 0.6) is 0 Å². The summed E-state index contributed by atoms with van der Waals surface area (Å²) < 4.78 is 0. The quantitative estimate of drug-likeness (QED) is 0.910. The Bertz CT molecular complexity index is 405. The maximum Gasteiger partial charge on any atom is 0.0453 e. The molecule has 1 fully saturated rings. The Morgan fingerprint density at radius 3 is 2.89 bits per heavy atom. The summed E-state index contributed by atoms with van der Waals surface area (Å²) in [6, 6.07) is 6.82. The fourth-order valence-electron chi connectivity index (χ4n) is 2.75. The third-order valence-corrected chi connectivity index (χ3v) is 4.31. The molecule has 1 aliphatic rings. The van der Waals surface area contributed by atoms with E-state index in [0.717, 1.165) is 30.6 Å². The van der Waals surface area contributed by atoms with E-state index in [-0.39, 0.29) is 0 Å². The number of piperidine rings is 1. The zero-order chi connectivity index (χ0) is 13.1. The van der Waals surface area contributed by atoms with Gasteiger partial charge in [-0.2, -0.15) is 0 Å². The van der Waals surface area contributed by atoms with Crippen LogP contribution in [0, 0.1) is 12.8 Å². The van der Waals surface area contributed by atoms with Crippen LogP contribution in [0.15, 0.2) is 18.2 Å². The molecule has 0 bridgehead atoms. The van der Waals surface area contributed by atoms with Crippen LogP contribution in [0.3, 0.4) is 0 Å². The monoisotopic (exact) mass is 266 g/mol. The molecule has 1 aromatic carbocycles. The van der Waals surface area contributed by atoms with Crippen LogP contribution in [-0.2, 0) is 6.54 Å². The van der Waals surface area contributed by atoms with Crippen molar-refractivity contribution in [3.8, 4) is 0 Å². The zero-order valence-electron chi connectivity index (χ0n) is 11.3. The van der Waals surface area contributed by atoms with Crippen molar-refractivity contribution in [1.82, 2.24) is 4.90 Å². The Kier molecular flexibility index (Phi) is 4.66. The van der Waals surface area contributed by atoms with Gasteiger partial charge < -0.3 is 5.73 Å². The van der Waals surface area contributed by atoms with Crippen molar-refractivity contribution in [2.45, 2.75) is 39.3 Å². The van der Waals surface area contributed by atoms with Gasteiger partial charge in [-0.1, -0.05) is 30.7 Å². The van der Waals surface area contributed by atoms with E-state index < -0.39 is 0 Å². The van der Waals surface area contributed by atoms with Crippen molar-refractivity contribution in [3.05, 3.63) is 34.3 Å². The van der Waals surface area contributed by atoms with Crippen molar-refractivity contribution in [2.75, 3.05) is 13.1 Å². The van der Waals surface area contributed by atoms with Gasteiger partial charge in [0.25, 0.3) is 0 Å². The number of benzene rings is 1. The summed E-state index contributed by atoms with van der Waals surface area (Å²) in [5.74, 6) is 0.795. The Morgan fingerprint density at radius 2 is 2.22 bits per heavy atom. The van der Waals surface area contributed by atoms with Crippen LogP contribution in [0.1, 0.15) is 30.9 Å². The molecular formula is C15H23ClN2. The predicted molar refractivity (Wildman–Crippen MR) is 77.8 cm³/mol. The van der Waals surface area contributed by atoms with Crippen LogP contribution in [-0.4, -0.2) is 24.0 Å². The van der Waals surface area contributed by atoms with Gasteiger partial charge in [-0.25, -0.2) is 0 Å². The summed E-state index contributed by atoms with van der Waals surface area (Å²) in [5, 5.41) is 0.879. The lowest BCUT2D eigenvalue weighted by molar-refractivity contribution is 0.115. The number of nitrogens with zero attached hydrogens (tertiary/aromatic N) is 1. The molecular weight excluding hydrogens is 244 g/mol. The number of hydrogen-bond acceptors (Lipinski definition) is 2. The Labute approximate surface area is 115 Å². The van der Waals surface area contributed by atoms with Crippen LogP contribution in [0.4, 0.5) is 0 Å². The third kappa shape index (κ3) is 3.25. The molecule has 2 N–H and O–H groups in total. The summed E-state index contributed by atoms with van der Waals surface area (Å²) >= 11 is 6.31. The van der Waals surface area contributed by atoms with E-state index in [1.54, 1.807) is 0 Å². The van der Waals surface area contributed by atoms with E-state index in [4.69, 9.17) is 17.3 Å². The van der Waals surface area contributed by atoms with E-state index in [9.17, 15) is 0 Å². The van der Waals surface area contributed by atoms with Crippen LogP contribution in [0.2, 0.25) is 5.02 Å². The smallest absolute Gasteiger partial charge is 0.0453 e. The van der Waals surface area contributed by atoms with Gasteiger partial charge in [-0.15, -0.1) is 0 Å². The highest BCUT2D eigenvalue weighted by molar-refractivity contribution is 6.31. The maximum absolute atomic E-state index is 6.31. The van der Waals surface area contributed by atoms with Crippen molar-refractivity contribution >= 4 is 11.6 Å². The molecule has 18 heavy (non-hydrogen) atoms. The maximum atomic E-state index is 6.31. The SMILES string of the molecule is Cc1ccc(CN2CCC(C)CC2CN)c(Cl)c1. The molecule has 2 nitrogen and oxygen atoms in total. The normalized spacial score (nSPS) is 25.3. The number of hydrogen-bond donors (Lipinski definition) is 1. The topological polar surface area (TPSA) is 29.3 Å². The second-order valence-electron chi connectivity index (χ2n) is 5.58. The van der Waals surface area contributed by atoms with E-state index in [1.807, 2.05) is 6.07 Å². The summed E-state index contributed by atoms with van der Waals surface area (Å²) in [6.45, 7) is 7.19. The number of aryl methyl sites for hydroxylation is 1. The second-order valence-corrected chi connectivity index (χ2v) is 5.99. The van der Waals surface area contributed by atoms with Crippen molar-refractivity contribution in [2.24, 2.45) is 11.7 Å². The number of halogens is 1. The van der Waals surface area contributed by atoms with Gasteiger partial charge >= 0.3 is 0 Å². The molecule has 0 saturated carbocycles. The largest absolute Gasteiger partial charge is 0.329 e. The number of likely N-dealkylation sites (tertiary alicyclic amines) is 1. The minimum atomic E-state index is 0.506. The molecule has 0 aromatic heterocycles. The fraction of sp³-hybridized carbons (Fsp3) is 0.600. The Morgan fingerprint density at radius 1 is 1.44 bits per heavy atom. The molecule has 0 radical (unpaired) electrons. The van der Waals surface area contributed by atoms with Crippen molar-refractivity contribution in [1.29, 1.82) is 0 Å². The lowest BCUT2D eigenvalue weighted by atomic mass is 9.92. The lowest BCUT2D eigenvalue weighted by Crippen LogP contribution is -2.45. The van der Waals surface area contributed by atoms with E-state index in [0.29, 0.717) is 6.04 Å². The average Bonchev–Trinajstić information content (AvgIpc) is 2.34. The molecule has 100 valence electrons. The van der Waals surface area contributed by atoms with Gasteiger partial charge in [0.05, 0.1) is 0 Å². The molecule has 1 aromatic rings. The third-order valence-electron chi connectivity index (χ3n) is 3.95. The van der Waals surface area contributed by atoms with Crippen LogP contribution < -0.4 is 5.73 Å². The molecule has 2 unspecified atom stereocenters. The molecule has 0 spiro atoms. The summed E-state index contributed by atoms with van der Waals surface area (Å²) in [6.07, 6.45) is 2.47. The first kappa shape index (κ1) is 13.9. The number of rotatable bonds is 3. The van der Waals surface area contributed by atoms with E-state index in [2.05, 4.69) is 30.9 Å². The van der Waals surface area contributed by atoms with Gasteiger partial charge in [-0.3, -0.25) is 4.90 Å². The molecule has 0 amide bonds. The summed E-state index contributed by atoms with van der Waals surface area (Å²) in [4.78, 5) is 2.48. The summed E-state index contributed by atoms with van der Waals surface area (Å²) in [7, 11) is 0. The highest BCUT2D eigenvalue weighted by atomic mass is 35.5. The predicted octanol–water partition coefficient (Wildman–Crippen LogP) is 3.21. The second kappa shape index (κ2) is 6.05. The van der Waals surface area contributed by atoms with Crippen molar-refractivity contribution in [3.63, 3.8) is 0 Å². The van der Waals surface area contributed by atoms with E-state index in [1.165, 1.54) is 24.0 Å². The van der Waals surface area contributed by atoms with Gasteiger partial charge in [0.1, 0.15) is 0 Å². The molecule has 1 aliphatic heterocycles. The van der Waals surface area contributed by atoms with Gasteiger partial charge in [-0.05, 0) is 49.4 Å². The Hall–Kier alpha value is -0.570. The minimum absolute atomic E-state index is 0.506. The molecule has 1 saturated heterocycles. The van der Waals surface area contributed by atoms with Crippen LogP contribution in [0.25, 0.3) is 0 Å². The molecule has 0 aliphatic carbocycles. The first-order valence-corrected chi connectivity index (χ1v) is 7.17. The standard InChI is InChI=1S/C15H23ClN2/c1-11-3-4-13(15(16)8-11)10-18-6-5-12(2)7-14(18)9-17/h3-4,8,12,14H,5-7,9-10,17H2,1-2H3. The zero-order valence-corrected chi connectivity index (χ0v) is 12.1. The molecule has 2 atom stereocenters.